The summed E-state index contributed by atoms with van der Waals surface area (Å²) in [6.45, 7) is 6.43. The lowest BCUT2D eigenvalue weighted by molar-refractivity contribution is -0.138. The molecule has 2 aliphatic rings. The third-order valence-corrected chi connectivity index (χ3v) is 6.34. The van der Waals surface area contributed by atoms with Crippen molar-refractivity contribution in [1.82, 2.24) is 20.4 Å². The molecule has 1 heterocycles. The second-order valence-corrected chi connectivity index (χ2v) is 8.63. The van der Waals surface area contributed by atoms with Crippen LogP contribution in [0.15, 0.2) is 4.99 Å². The number of likely N-dealkylation sites (tertiary alicyclic amines) is 1. The van der Waals surface area contributed by atoms with Gasteiger partial charge in [-0.3, -0.25) is 9.79 Å². The van der Waals surface area contributed by atoms with E-state index in [9.17, 15) is 4.79 Å². The van der Waals surface area contributed by atoms with Crippen LogP contribution in [0.3, 0.4) is 0 Å². The Bertz CT molecular complexity index is 485. The Hall–Kier alpha value is -1.30. The van der Waals surface area contributed by atoms with Crippen LogP contribution in [0.5, 0.6) is 0 Å². The van der Waals surface area contributed by atoms with Crippen LogP contribution in [0, 0.1) is 5.41 Å². The minimum Gasteiger partial charge on any atom is -0.356 e. The first-order valence-electron chi connectivity index (χ1n) is 10.9. The lowest BCUT2D eigenvalue weighted by Gasteiger charge is -2.33. The number of nitrogens with one attached hydrogen (secondary N) is 2. The van der Waals surface area contributed by atoms with E-state index in [1.807, 2.05) is 14.1 Å². The van der Waals surface area contributed by atoms with Crippen molar-refractivity contribution in [3.05, 3.63) is 0 Å². The van der Waals surface area contributed by atoms with E-state index in [-0.39, 0.29) is 11.3 Å². The Labute approximate surface area is 166 Å². The van der Waals surface area contributed by atoms with Gasteiger partial charge in [0.05, 0.1) is 5.41 Å². The van der Waals surface area contributed by atoms with Crippen molar-refractivity contribution in [2.45, 2.75) is 70.8 Å². The van der Waals surface area contributed by atoms with Crippen LogP contribution in [0.1, 0.15) is 64.7 Å². The van der Waals surface area contributed by atoms with Crippen LogP contribution in [-0.2, 0) is 4.79 Å². The number of piperidine rings is 1. The molecule has 1 unspecified atom stereocenters. The maximum absolute atomic E-state index is 12.7. The summed E-state index contributed by atoms with van der Waals surface area (Å²) in [4.78, 5) is 21.4. The molecule has 0 aromatic carbocycles. The summed E-state index contributed by atoms with van der Waals surface area (Å²) in [6, 6.07) is 0.748. The van der Waals surface area contributed by atoms with Crippen LogP contribution in [0.4, 0.5) is 0 Å². The predicted octanol–water partition coefficient (Wildman–Crippen LogP) is 2.45. The molecule has 2 fully saturated rings. The molecule has 0 bridgehead atoms. The van der Waals surface area contributed by atoms with E-state index < -0.39 is 0 Å². The highest BCUT2D eigenvalue weighted by molar-refractivity contribution is 5.85. The minimum absolute atomic E-state index is 0.249. The zero-order valence-electron chi connectivity index (χ0n) is 18.0. The molecule has 1 amide bonds. The molecule has 2 rings (SSSR count). The quantitative estimate of drug-likeness (QED) is 0.386. The fourth-order valence-corrected chi connectivity index (χ4v) is 4.60. The average molecular weight is 380 g/mol. The first kappa shape index (κ1) is 22.0. The monoisotopic (exact) mass is 379 g/mol. The molecule has 6 nitrogen and oxygen atoms in total. The molecule has 1 atom stereocenters. The number of hydrogen-bond donors (Lipinski definition) is 2. The highest BCUT2D eigenvalue weighted by Crippen LogP contribution is 2.38. The van der Waals surface area contributed by atoms with Gasteiger partial charge in [0.1, 0.15) is 0 Å². The van der Waals surface area contributed by atoms with Gasteiger partial charge in [-0.2, -0.15) is 0 Å². The fraction of sp³-hybridized carbons (Fsp3) is 0.905. The van der Waals surface area contributed by atoms with Crippen molar-refractivity contribution in [3.63, 3.8) is 0 Å². The minimum atomic E-state index is -0.258. The molecule has 6 heteroatoms. The van der Waals surface area contributed by atoms with E-state index in [0.717, 1.165) is 50.7 Å². The third-order valence-electron chi connectivity index (χ3n) is 6.34. The van der Waals surface area contributed by atoms with Gasteiger partial charge in [0.25, 0.3) is 0 Å². The first-order chi connectivity index (χ1) is 13.0. The molecule has 2 N–H and O–H groups in total. The van der Waals surface area contributed by atoms with Crippen molar-refractivity contribution in [2.24, 2.45) is 10.4 Å². The normalized spacial score (nSPS) is 23.3. The van der Waals surface area contributed by atoms with E-state index in [0.29, 0.717) is 6.54 Å². The van der Waals surface area contributed by atoms with Gasteiger partial charge in [-0.25, -0.2) is 0 Å². The lowest BCUT2D eigenvalue weighted by Crippen LogP contribution is -2.49. The summed E-state index contributed by atoms with van der Waals surface area (Å²) in [5, 5.41) is 6.84. The third kappa shape index (κ3) is 6.37. The van der Waals surface area contributed by atoms with E-state index in [2.05, 4.69) is 27.4 Å². The number of aliphatic imine (C=N–C) groups is 1. The Kier molecular flexibility index (Phi) is 8.87. The first-order valence-corrected chi connectivity index (χ1v) is 10.9. The van der Waals surface area contributed by atoms with E-state index in [1.165, 1.54) is 38.8 Å². The fourth-order valence-electron chi connectivity index (χ4n) is 4.60. The van der Waals surface area contributed by atoms with Crippen molar-refractivity contribution in [2.75, 3.05) is 47.3 Å². The van der Waals surface area contributed by atoms with Gasteiger partial charge >= 0.3 is 0 Å². The molecule has 1 saturated carbocycles. The number of guanidine groups is 1. The molecule has 0 aromatic rings. The van der Waals surface area contributed by atoms with Gasteiger partial charge in [-0.1, -0.05) is 19.3 Å². The Balaban J connectivity index is 1.68. The van der Waals surface area contributed by atoms with Gasteiger partial charge in [0.15, 0.2) is 5.96 Å². The molecular formula is C21H41N5O. The largest absolute Gasteiger partial charge is 0.356 e. The summed E-state index contributed by atoms with van der Waals surface area (Å²) in [5.41, 5.74) is -0.258. The summed E-state index contributed by atoms with van der Waals surface area (Å²) in [5.74, 6) is 1.07. The molecule has 1 aliphatic carbocycles. The van der Waals surface area contributed by atoms with Gasteiger partial charge in [0, 0.05) is 40.3 Å². The Morgan fingerprint density at radius 1 is 1.15 bits per heavy atom. The summed E-state index contributed by atoms with van der Waals surface area (Å²) < 4.78 is 0. The molecule has 1 saturated heterocycles. The summed E-state index contributed by atoms with van der Waals surface area (Å²) in [6.07, 6.45) is 10.7. The second kappa shape index (κ2) is 10.9. The highest BCUT2D eigenvalue weighted by atomic mass is 16.2. The molecule has 0 spiro atoms. The van der Waals surface area contributed by atoms with Crippen LogP contribution in [0.25, 0.3) is 0 Å². The van der Waals surface area contributed by atoms with Crippen molar-refractivity contribution >= 4 is 11.9 Å². The Morgan fingerprint density at radius 3 is 2.52 bits per heavy atom. The number of rotatable bonds is 8. The van der Waals surface area contributed by atoms with Gasteiger partial charge < -0.3 is 20.4 Å². The maximum Gasteiger partial charge on any atom is 0.230 e. The lowest BCUT2D eigenvalue weighted by atomic mass is 9.84. The van der Waals surface area contributed by atoms with Crippen molar-refractivity contribution in [1.29, 1.82) is 0 Å². The number of unbranched alkanes of at least 4 members (excludes halogenated alkanes) is 1. The van der Waals surface area contributed by atoms with E-state index >= 15 is 0 Å². The number of carbonyl (C=O) groups excluding carboxylic acids is 1. The molecular weight excluding hydrogens is 338 g/mol. The predicted molar refractivity (Wildman–Crippen MR) is 113 cm³/mol. The molecule has 27 heavy (non-hydrogen) atoms. The smallest absolute Gasteiger partial charge is 0.230 e. The second-order valence-electron chi connectivity index (χ2n) is 8.63. The zero-order valence-corrected chi connectivity index (χ0v) is 18.0. The standard InChI is InChI=1S/C21H41N5O/c1-18-11-5-9-15-26(18)16-10-8-14-23-20(22-2)24-17-21(12-6-7-13-21)19(27)25(3)4/h18H,5-17H2,1-4H3,(H2,22,23,24). The molecule has 1 aliphatic heterocycles. The van der Waals surface area contributed by atoms with Crippen molar-refractivity contribution in [3.8, 4) is 0 Å². The van der Waals surface area contributed by atoms with Gasteiger partial charge in [-0.05, 0) is 58.5 Å². The van der Waals surface area contributed by atoms with Crippen LogP contribution in [0.2, 0.25) is 0 Å². The summed E-state index contributed by atoms with van der Waals surface area (Å²) >= 11 is 0. The number of amides is 1. The molecule has 0 aromatic heterocycles. The number of carbonyl (C=O) groups is 1. The molecule has 0 radical (unpaired) electrons. The maximum atomic E-state index is 12.7. The van der Waals surface area contributed by atoms with Crippen LogP contribution < -0.4 is 10.6 Å². The van der Waals surface area contributed by atoms with E-state index in [4.69, 9.17) is 0 Å². The van der Waals surface area contributed by atoms with Crippen LogP contribution >= 0.6 is 0 Å². The zero-order chi connectivity index (χ0) is 19.7. The SMILES string of the molecule is CN=C(NCCCCN1CCCCC1C)NCC1(C(=O)N(C)C)CCCC1. The highest BCUT2D eigenvalue weighted by Gasteiger charge is 2.42. The van der Waals surface area contributed by atoms with E-state index in [1.54, 1.807) is 11.9 Å². The molecule has 156 valence electrons. The number of hydrogen-bond acceptors (Lipinski definition) is 3. The number of nitrogens with zero attached hydrogens (tertiary/aromatic N) is 3. The Morgan fingerprint density at radius 2 is 1.89 bits per heavy atom. The topological polar surface area (TPSA) is 60.0 Å². The summed E-state index contributed by atoms with van der Waals surface area (Å²) in [7, 11) is 5.52. The van der Waals surface area contributed by atoms with Crippen LogP contribution in [-0.4, -0.2) is 75.0 Å². The van der Waals surface area contributed by atoms with Gasteiger partial charge in [0.2, 0.25) is 5.91 Å². The average Bonchev–Trinajstić information content (AvgIpc) is 3.14. The van der Waals surface area contributed by atoms with Gasteiger partial charge in [-0.15, -0.1) is 0 Å². The van der Waals surface area contributed by atoms with Crippen molar-refractivity contribution < 1.29 is 4.79 Å².